The van der Waals surface area contributed by atoms with E-state index in [0.29, 0.717) is 0 Å². The first kappa shape index (κ1) is 13.4. The van der Waals surface area contributed by atoms with E-state index in [-0.39, 0.29) is 21.2 Å². The Hall–Kier alpha value is -2.06. The predicted molar refractivity (Wildman–Crippen MR) is 67.8 cm³/mol. The van der Waals surface area contributed by atoms with Crippen LogP contribution in [0.2, 0.25) is 5.02 Å². The molecule has 0 aliphatic carbocycles. The number of nitrogens with one attached hydrogen (secondary N) is 2. The van der Waals surface area contributed by atoms with Crippen LogP contribution in [0.1, 0.15) is 10.4 Å². The minimum atomic E-state index is -3.86. The van der Waals surface area contributed by atoms with E-state index in [4.69, 9.17) is 16.7 Å². The van der Waals surface area contributed by atoms with Gasteiger partial charge in [0.2, 0.25) is 0 Å². The second kappa shape index (κ2) is 4.90. The second-order valence-corrected chi connectivity index (χ2v) is 5.63. The topological polar surface area (TPSA) is 112 Å². The van der Waals surface area contributed by atoms with Gasteiger partial charge in [0.15, 0.2) is 0 Å². The number of H-pyrrole nitrogens is 1. The number of carboxylic acid groups (broad SMARTS) is 1. The summed E-state index contributed by atoms with van der Waals surface area (Å²) in [6.07, 6.45) is 2.31. The van der Waals surface area contributed by atoms with Gasteiger partial charge in [0.05, 0.1) is 22.5 Å². The summed E-state index contributed by atoms with van der Waals surface area (Å²) >= 11 is 5.83. The van der Waals surface area contributed by atoms with Crippen molar-refractivity contribution in [3.8, 4) is 0 Å². The minimum Gasteiger partial charge on any atom is -0.478 e. The lowest BCUT2D eigenvalue weighted by atomic mass is 10.2. The molecule has 1 heterocycles. The number of hydrogen-bond acceptors (Lipinski definition) is 4. The largest absolute Gasteiger partial charge is 0.478 e. The molecule has 9 heteroatoms. The van der Waals surface area contributed by atoms with Crippen molar-refractivity contribution >= 4 is 33.3 Å². The van der Waals surface area contributed by atoms with Crippen LogP contribution in [-0.2, 0) is 10.0 Å². The van der Waals surface area contributed by atoms with Crippen LogP contribution in [0, 0.1) is 0 Å². The Bertz CT molecular complexity index is 712. The molecule has 0 saturated carbocycles. The lowest BCUT2D eigenvalue weighted by Gasteiger charge is -2.08. The Balaban J connectivity index is 2.39. The maximum absolute atomic E-state index is 11.9. The average Bonchev–Trinajstić information content (AvgIpc) is 2.85. The number of aromatic amines is 1. The van der Waals surface area contributed by atoms with Crippen molar-refractivity contribution in [2.45, 2.75) is 4.90 Å². The van der Waals surface area contributed by atoms with Crippen molar-refractivity contribution < 1.29 is 18.3 Å². The van der Waals surface area contributed by atoms with Gasteiger partial charge in [-0.3, -0.25) is 9.82 Å². The summed E-state index contributed by atoms with van der Waals surface area (Å²) in [4.78, 5) is 10.7. The molecule has 1 aromatic carbocycles. The summed E-state index contributed by atoms with van der Waals surface area (Å²) in [5.41, 5.74) is -0.0861. The first-order valence-corrected chi connectivity index (χ1v) is 6.81. The van der Waals surface area contributed by atoms with E-state index in [1.54, 1.807) is 0 Å². The number of hydrogen-bond donors (Lipinski definition) is 3. The van der Waals surface area contributed by atoms with Crippen molar-refractivity contribution in [3.05, 3.63) is 41.2 Å². The zero-order chi connectivity index (χ0) is 14.0. The molecule has 2 rings (SSSR count). The van der Waals surface area contributed by atoms with E-state index in [2.05, 4.69) is 14.9 Å². The first-order valence-electron chi connectivity index (χ1n) is 4.94. The summed E-state index contributed by atoms with van der Waals surface area (Å²) in [6, 6.07) is 3.72. The third-order valence-electron chi connectivity index (χ3n) is 2.24. The molecular weight excluding hydrogens is 294 g/mol. The van der Waals surface area contributed by atoms with Gasteiger partial charge >= 0.3 is 5.97 Å². The van der Waals surface area contributed by atoms with Gasteiger partial charge in [0.25, 0.3) is 10.0 Å². The molecule has 0 spiro atoms. The average molecular weight is 302 g/mol. The fraction of sp³-hybridized carbons (Fsp3) is 0. The quantitative estimate of drug-likeness (QED) is 0.793. The number of nitrogens with zero attached hydrogens (tertiary/aromatic N) is 1. The Morgan fingerprint density at radius 2 is 2.16 bits per heavy atom. The van der Waals surface area contributed by atoms with Gasteiger partial charge in [-0.05, 0) is 18.2 Å². The van der Waals surface area contributed by atoms with Crippen molar-refractivity contribution in [3.63, 3.8) is 0 Å². The summed E-state index contributed by atoms with van der Waals surface area (Å²) in [7, 11) is -3.86. The molecule has 0 amide bonds. The van der Waals surface area contributed by atoms with Gasteiger partial charge in [0.1, 0.15) is 4.90 Å². The zero-order valence-electron chi connectivity index (χ0n) is 9.29. The zero-order valence-corrected chi connectivity index (χ0v) is 10.9. The van der Waals surface area contributed by atoms with Crippen LogP contribution in [0.25, 0.3) is 0 Å². The fourth-order valence-electron chi connectivity index (χ4n) is 1.33. The summed E-state index contributed by atoms with van der Waals surface area (Å²) in [5.74, 6) is -1.18. The monoisotopic (exact) mass is 301 g/mol. The van der Waals surface area contributed by atoms with Gasteiger partial charge in [-0.15, -0.1) is 0 Å². The van der Waals surface area contributed by atoms with Crippen molar-refractivity contribution in [1.29, 1.82) is 0 Å². The highest BCUT2D eigenvalue weighted by Gasteiger charge is 2.17. The molecule has 0 saturated heterocycles. The Labute approximate surface area is 113 Å². The highest BCUT2D eigenvalue weighted by molar-refractivity contribution is 7.92. The summed E-state index contributed by atoms with van der Waals surface area (Å²) in [6.45, 7) is 0. The summed E-state index contributed by atoms with van der Waals surface area (Å²) < 4.78 is 26.0. The lowest BCUT2D eigenvalue weighted by molar-refractivity contribution is 0.0697. The van der Waals surface area contributed by atoms with Crippen LogP contribution >= 0.6 is 11.6 Å². The predicted octanol–water partition coefficient (Wildman–Crippen LogP) is 1.56. The lowest BCUT2D eigenvalue weighted by Crippen LogP contribution is -2.13. The number of carbonyl (C=O) groups is 1. The van der Waals surface area contributed by atoms with E-state index < -0.39 is 16.0 Å². The molecule has 0 unspecified atom stereocenters. The standard InChI is InChI=1S/C10H8ClN3O4S/c11-8-2-1-6(10(15)16)3-9(8)14-19(17,18)7-4-12-13-5-7/h1-5,14H,(H,12,13)(H,15,16). The van der Waals surface area contributed by atoms with E-state index >= 15 is 0 Å². The first-order chi connectivity index (χ1) is 8.90. The third-order valence-corrected chi connectivity index (χ3v) is 3.90. The molecule has 0 radical (unpaired) electrons. The van der Waals surface area contributed by atoms with Gasteiger partial charge in [-0.25, -0.2) is 13.2 Å². The molecule has 0 aliphatic rings. The summed E-state index contributed by atoms with van der Waals surface area (Å²) in [5, 5.41) is 14.8. The van der Waals surface area contributed by atoms with Crippen molar-refractivity contribution in [2.75, 3.05) is 4.72 Å². The van der Waals surface area contributed by atoms with Crippen LogP contribution < -0.4 is 4.72 Å². The fourth-order valence-corrected chi connectivity index (χ4v) is 2.52. The van der Waals surface area contributed by atoms with Gasteiger partial charge in [-0.1, -0.05) is 11.6 Å². The minimum absolute atomic E-state index is 0.0113. The highest BCUT2D eigenvalue weighted by atomic mass is 35.5. The number of halogens is 1. The number of aromatic carboxylic acids is 1. The van der Waals surface area contributed by atoms with Gasteiger partial charge in [0, 0.05) is 6.20 Å². The number of benzene rings is 1. The van der Waals surface area contributed by atoms with E-state index in [1.807, 2.05) is 0 Å². The number of carboxylic acids is 1. The smallest absolute Gasteiger partial charge is 0.335 e. The molecule has 0 atom stereocenters. The molecule has 1 aromatic heterocycles. The number of aromatic nitrogens is 2. The normalized spacial score (nSPS) is 11.2. The third kappa shape index (κ3) is 2.85. The maximum Gasteiger partial charge on any atom is 0.335 e. The number of rotatable bonds is 4. The SMILES string of the molecule is O=C(O)c1ccc(Cl)c(NS(=O)(=O)c2cn[nH]c2)c1. The Morgan fingerprint density at radius 3 is 2.74 bits per heavy atom. The van der Waals surface area contributed by atoms with Crippen LogP contribution in [0.3, 0.4) is 0 Å². The van der Waals surface area contributed by atoms with Crippen LogP contribution in [0.4, 0.5) is 5.69 Å². The van der Waals surface area contributed by atoms with Gasteiger partial charge < -0.3 is 5.11 Å². The molecule has 2 aromatic rings. The Kier molecular flexibility index (Phi) is 3.45. The van der Waals surface area contributed by atoms with Crippen LogP contribution in [-0.4, -0.2) is 29.7 Å². The maximum atomic E-state index is 11.9. The molecule has 0 bridgehead atoms. The molecular formula is C10H8ClN3O4S. The van der Waals surface area contributed by atoms with Crippen LogP contribution in [0.5, 0.6) is 0 Å². The second-order valence-electron chi connectivity index (χ2n) is 3.54. The molecule has 7 nitrogen and oxygen atoms in total. The molecule has 19 heavy (non-hydrogen) atoms. The van der Waals surface area contributed by atoms with Crippen molar-refractivity contribution in [1.82, 2.24) is 10.2 Å². The van der Waals surface area contributed by atoms with Gasteiger partial charge in [-0.2, -0.15) is 5.10 Å². The van der Waals surface area contributed by atoms with E-state index in [0.717, 1.165) is 12.3 Å². The number of sulfonamides is 1. The molecule has 100 valence electrons. The van der Waals surface area contributed by atoms with Crippen LogP contribution in [0.15, 0.2) is 35.5 Å². The van der Waals surface area contributed by atoms with Crippen molar-refractivity contribution in [2.24, 2.45) is 0 Å². The van der Waals surface area contributed by atoms with E-state index in [9.17, 15) is 13.2 Å². The molecule has 0 fully saturated rings. The highest BCUT2D eigenvalue weighted by Crippen LogP contribution is 2.25. The molecule has 3 N–H and O–H groups in total. The molecule has 0 aliphatic heterocycles. The Morgan fingerprint density at radius 1 is 1.42 bits per heavy atom. The number of anilines is 1. The van der Waals surface area contributed by atoms with E-state index in [1.165, 1.54) is 18.3 Å².